The van der Waals surface area contributed by atoms with E-state index in [1.165, 1.54) is 18.2 Å². The minimum absolute atomic E-state index is 0.0455. The molecule has 1 heterocycles. The van der Waals surface area contributed by atoms with Crippen molar-refractivity contribution in [1.29, 1.82) is 0 Å². The van der Waals surface area contributed by atoms with E-state index in [-0.39, 0.29) is 34.8 Å². The average molecular weight is 354 g/mol. The number of hydrogen-bond acceptors (Lipinski definition) is 4. The van der Waals surface area contributed by atoms with Gasteiger partial charge in [-0.3, -0.25) is 9.59 Å². The van der Waals surface area contributed by atoms with Crippen LogP contribution in [-0.2, 0) is 12.6 Å². The van der Waals surface area contributed by atoms with Crippen LogP contribution >= 0.6 is 11.3 Å². The molecule has 0 unspecified atom stereocenters. The van der Waals surface area contributed by atoms with Gasteiger partial charge in [0.05, 0.1) is 21.0 Å². The van der Waals surface area contributed by atoms with Crippen molar-refractivity contribution < 1.29 is 22.8 Å². The van der Waals surface area contributed by atoms with Gasteiger partial charge in [0.15, 0.2) is 5.78 Å². The highest BCUT2D eigenvalue weighted by Gasteiger charge is 2.38. The summed E-state index contributed by atoms with van der Waals surface area (Å²) in [4.78, 5) is 24.2. The van der Waals surface area contributed by atoms with Gasteiger partial charge in [0, 0.05) is 6.42 Å². The molecule has 0 fully saturated rings. The lowest BCUT2D eigenvalue weighted by molar-refractivity contribution is -0.138. The molecule has 4 N–H and O–H groups in total. The summed E-state index contributed by atoms with van der Waals surface area (Å²) in [6.45, 7) is 0. The van der Waals surface area contributed by atoms with Crippen LogP contribution in [-0.4, -0.2) is 11.7 Å². The average Bonchev–Trinajstić information content (AvgIpc) is 2.83. The van der Waals surface area contributed by atoms with Crippen molar-refractivity contribution >= 4 is 28.0 Å². The molecular formula is C16H13F3N2O2S. The predicted molar refractivity (Wildman–Crippen MR) is 84.1 cm³/mol. The summed E-state index contributed by atoms with van der Waals surface area (Å²) >= 11 is 0.965. The van der Waals surface area contributed by atoms with E-state index in [1.54, 1.807) is 0 Å². The molecule has 0 spiro atoms. The summed E-state index contributed by atoms with van der Waals surface area (Å²) in [5.41, 5.74) is 10.8. The number of carbonyl (C=O) groups excluding carboxylic acids is 2. The van der Waals surface area contributed by atoms with E-state index in [4.69, 9.17) is 11.5 Å². The number of amides is 1. The number of fused-ring (bicyclic) bond motifs is 1. The van der Waals surface area contributed by atoms with Crippen LogP contribution in [0.5, 0.6) is 0 Å². The summed E-state index contributed by atoms with van der Waals surface area (Å²) in [5, 5.41) is 0.130. The van der Waals surface area contributed by atoms with Crippen LogP contribution in [0.1, 0.15) is 49.1 Å². The molecule has 8 heteroatoms. The molecule has 2 aromatic rings. The van der Waals surface area contributed by atoms with Gasteiger partial charge in [0.2, 0.25) is 0 Å². The zero-order valence-electron chi connectivity index (χ0n) is 12.3. The second-order valence-corrected chi connectivity index (χ2v) is 6.68. The molecule has 3 rings (SSSR count). The molecule has 1 atom stereocenters. The first kappa shape index (κ1) is 16.5. The van der Waals surface area contributed by atoms with Gasteiger partial charge in [0.25, 0.3) is 5.91 Å². The van der Waals surface area contributed by atoms with Crippen LogP contribution in [0.15, 0.2) is 24.3 Å². The zero-order valence-corrected chi connectivity index (χ0v) is 13.1. The number of halogens is 3. The molecule has 0 radical (unpaired) electrons. The van der Waals surface area contributed by atoms with Gasteiger partial charge in [-0.15, -0.1) is 11.3 Å². The largest absolute Gasteiger partial charge is 0.416 e. The third kappa shape index (κ3) is 2.66. The summed E-state index contributed by atoms with van der Waals surface area (Å²) in [6, 6.07) is 5.17. The van der Waals surface area contributed by atoms with E-state index >= 15 is 0 Å². The molecule has 0 saturated heterocycles. The zero-order chi connectivity index (χ0) is 17.6. The highest BCUT2D eigenvalue weighted by molar-refractivity contribution is 7.18. The lowest BCUT2D eigenvalue weighted by atomic mass is 9.79. The molecular weight excluding hydrogens is 341 g/mol. The quantitative estimate of drug-likeness (QED) is 0.867. The number of carbonyl (C=O) groups is 2. The van der Waals surface area contributed by atoms with Crippen LogP contribution < -0.4 is 11.5 Å². The van der Waals surface area contributed by atoms with Gasteiger partial charge < -0.3 is 11.5 Å². The predicted octanol–water partition coefficient (Wildman–Crippen LogP) is 3.36. The van der Waals surface area contributed by atoms with Crippen molar-refractivity contribution in [3.63, 3.8) is 0 Å². The number of nitrogen functional groups attached to an aromatic ring is 1. The Labute approximate surface area is 139 Å². The maximum Gasteiger partial charge on any atom is 0.416 e. The molecule has 1 aromatic heterocycles. The fourth-order valence-corrected chi connectivity index (χ4v) is 4.19. The molecule has 0 bridgehead atoms. The maximum atomic E-state index is 13.2. The lowest BCUT2D eigenvalue weighted by Crippen LogP contribution is -2.23. The number of primary amides is 1. The van der Waals surface area contributed by atoms with E-state index in [0.29, 0.717) is 10.4 Å². The van der Waals surface area contributed by atoms with E-state index in [2.05, 4.69) is 0 Å². The van der Waals surface area contributed by atoms with Crippen molar-refractivity contribution in [2.24, 2.45) is 5.73 Å². The molecule has 126 valence electrons. The highest BCUT2D eigenvalue weighted by atomic mass is 32.1. The van der Waals surface area contributed by atoms with Crippen molar-refractivity contribution in [1.82, 2.24) is 0 Å². The number of alkyl halides is 3. The Morgan fingerprint density at radius 1 is 1.21 bits per heavy atom. The molecule has 0 aliphatic heterocycles. The summed E-state index contributed by atoms with van der Waals surface area (Å²) < 4.78 is 39.7. The minimum atomic E-state index is -4.51. The van der Waals surface area contributed by atoms with Crippen molar-refractivity contribution in [3.8, 4) is 0 Å². The number of rotatable bonds is 2. The van der Waals surface area contributed by atoms with Gasteiger partial charge in [-0.1, -0.05) is 18.2 Å². The summed E-state index contributed by atoms with van der Waals surface area (Å²) in [7, 11) is 0. The lowest BCUT2D eigenvalue weighted by Gasteiger charge is -2.25. The van der Waals surface area contributed by atoms with Crippen LogP contribution in [0.3, 0.4) is 0 Å². The van der Waals surface area contributed by atoms with Gasteiger partial charge in [-0.05, 0) is 29.5 Å². The van der Waals surface area contributed by atoms with Crippen LogP contribution in [0.2, 0.25) is 0 Å². The summed E-state index contributed by atoms with van der Waals surface area (Å²) in [5.74, 6) is -1.76. The van der Waals surface area contributed by atoms with E-state index < -0.39 is 23.6 Å². The second kappa shape index (κ2) is 5.62. The third-order valence-electron chi connectivity index (χ3n) is 4.12. The standard InChI is InChI=1S/C16H13F3N2O2S/c17-16(18,19)10-4-2-1-3-8(10)7-5-9-12(14(20)23)15(21)24-13(9)11(22)6-7/h1-4,7H,5-6,21H2,(H2,20,23)/t7-/m1/s1. The first-order valence-electron chi connectivity index (χ1n) is 7.10. The number of nitrogens with two attached hydrogens (primary N) is 2. The Hall–Kier alpha value is -2.35. The maximum absolute atomic E-state index is 13.2. The molecule has 1 aromatic carbocycles. The summed E-state index contributed by atoms with van der Waals surface area (Å²) in [6.07, 6.45) is -4.45. The van der Waals surface area contributed by atoms with E-state index in [9.17, 15) is 22.8 Å². The Kier molecular flexibility index (Phi) is 3.87. The molecule has 1 aliphatic rings. The van der Waals surface area contributed by atoms with Crippen LogP contribution in [0, 0.1) is 0 Å². The number of benzene rings is 1. The van der Waals surface area contributed by atoms with Crippen molar-refractivity contribution in [2.45, 2.75) is 24.9 Å². The topological polar surface area (TPSA) is 86.2 Å². The molecule has 4 nitrogen and oxygen atoms in total. The molecule has 0 saturated carbocycles. The number of hydrogen-bond donors (Lipinski definition) is 2. The van der Waals surface area contributed by atoms with E-state index in [1.807, 2.05) is 0 Å². The number of anilines is 1. The van der Waals surface area contributed by atoms with Gasteiger partial charge >= 0.3 is 6.18 Å². The van der Waals surface area contributed by atoms with E-state index in [0.717, 1.165) is 17.4 Å². The number of Topliss-reactive ketones (excluding diaryl/α,β-unsaturated/α-hetero) is 1. The normalized spacial score (nSPS) is 17.6. The number of ketones is 1. The minimum Gasteiger partial charge on any atom is -0.390 e. The monoisotopic (exact) mass is 354 g/mol. The third-order valence-corrected chi connectivity index (χ3v) is 5.22. The molecule has 1 aliphatic carbocycles. The first-order chi connectivity index (χ1) is 11.2. The molecule has 24 heavy (non-hydrogen) atoms. The highest BCUT2D eigenvalue weighted by Crippen LogP contribution is 2.44. The Morgan fingerprint density at radius 2 is 1.88 bits per heavy atom. The van der Waals surface area contributed by atoms with Gasteiger partial charge in [-0.2, -0.15) is 13.2 Å². The van der Waals surface area contributed by atoms with Gasteiger partial charge in [0.1, 0.15) is 0 Å². The van der Waals surface area contributed by atoms with Gasteiger partial charge in [-0.25, -0.2) is 0 Å². The SMILES string of the molecule is NC(=O)c1c(N)sc2c1C[C@@H](c1ccccc1C(F)(F)F)CC2=O. The molecule has 1 amide bonds. The Balaban J connectivity index is 2.09. The fraction of sp³-hybridized carbons (Fsp3) is 0.250. The fourth-order valence-electron chi connectivity index (χ4n) is 3.14. The van der Waals surface area contributed by atoms with Crippen LogP contribution in [0.25, 0.3) is 0 Å². The first-order valence-corrected chi connectivity index (χ1v) is 7.92. The number of thiophene rings is 1. The van der Waals surface area contributed by atoms with Crippen molar-refractivity contribution in [3.05, 3.63) is 51.4 Å². The second-order valence-electron chi connectivity index (χ2n) is 5.63. The van der Waals surface area contributed by atoms with Crippen LogP contribution in [0.4, 0.5) is 18.2 Å². The Morgan fingerprint density at radius 3 is 2.50 bits per heavy atom. The van der Waals surface area contributed by atoms with Crippen molar-refractivity contribution in [2.75, 3.05) is 5.73 Å². The Bertz CT molecular complexity index is 842. The smallest absolute Gasteiger partial charge is 0.390 e.